The minimum atomic E-state index is -0.290. The quantitative estimate of drug-likeness (QED) is 0.814. The average Bonchev–Trinajstić information content (AvgIpc) is 3.20. The van der Waals surface area contributed by atoms with E-state index in [1.807, 2.05) is 6.07 Å². The van der Waals surface area contributed by atoms with Gasteiger partial charge in [-0.25, -0.2) is 4.39 Å². The SMILES string of the molecule is CNC(=O)CN(C)c1ccc(CNC2CC2)cc1F. The van der Waals surface area contributed by atoms with Crippen molar-refractivity contribution < 1.29 is 9.18 Å². The molecule has 19 heavy (non-hydrogen) atoms. The van der Waals surface area contributed by atoms with Gasteiger partial charge in [-0.05, 0) is 30.5 Å². The van der Waals surface area contributed by atoms with Crippen molar-refractivity contribution in [3.05, 3.63) is 29.6 Å². The lowest BCUT2D eigenvalue weighted by molar-refractivity contribution is -0.119. The Hall–Kier alpha value is -1.62. The van der Waals surface area contributed by atoms with E-state index in [-0.39, 0.29) is 18.3 Å². The van der Waals surface area contributed by atoms with E-state index >= 15 is 0 Å². The number of nitrogens with one attached hydrogen (secondary N) is 2. The molecule has 0 unspecified atom stereocenters. The highest BCUT2D eigenvalue weighted by molar-refractivity contribution is 5.80. The summed E-state index contributed by atoms with van der Waals surface area (Å²) in [7, 11) is 3.27. The first-order valence-corrected chi connectivity index (χ1v) is 6.53. The molecular weight excluding hydrogens is 245 g/mol. The topological polar surface area (TPSA) is 44.4 Å². The Morgan fingerprint density at radius 2 is 2.21 bits per heavy atom. The van der Waals surface area contributed by atoms with E-state index < -0.39 is 0 Å². The van der Waals surface area contributed by atoms with Crippen LogP contribution in [0.1, 0.15) is 18.4 Å². The smallest absolute Gasteiger partial charge is 0.239 e. The summed E-state index contributed by atoms with van der Waals surface area (Å²) in [5.41, 5.74) is 1.38. The highest BCUT2D eigenvalue weighted by atomic mass is 19.1. The van der Waals surface area contributed by atoms with E-state index in [1.54, 1.807) is 25.1 Å². The van der Waals surface area contributed by atoms with E-state index in [4.69, 9.17) is 0 Å². The Morgan fingerprint density at radius 1 is 1.47 bits per heavy atom. The monoisotopic (exact) mass is 265 g/mol. The van der Waals surface area contributed by atoms with Crippen LogP contribution in [0, 0.1) is 5.82 Å². The summed E-state index contributed by atoms with van der Waals surface area (Å²) >= 11 is 0. The molecule has 0 radical (unpaired) electrons. The lowest BCUT2D eigenvalue weighted by atomic mass is 10.2. The molecule has 1 aliphatic rings. The van der Waals surface area contributed by atoms with E-state index in [0.717, 1.165) is 5.56 Å². The summed E-state index contributed by atoms with van der Waals surface area (Å²) in [6.45, 7) is 0.841. The fourth-order valence-corrected chi connectivity index (χ4v) is 1.90. The molecule has 1 aliphatic carbocycles. The molecule has 0 spiro atoms. The number of benzene rings is 1. The Bertz CT molecular complexity index is 460. The molecular formula is C14H20FN3O. The summed E-state index contributed by atoms with van der Waals surface area (Å²) in [5.74, 6) is -0.428. The minimum Gasteiger partial charge on any atom is -0.363 e. The van der Waals surface area contributed by atoms with Crippen molar-refractivity contribution in [2.75, 3.05) is 25.5 Å². The fraction of sp³-hybridized carbons (Fsp3) is 0.500. The molecule has 0 bridgehead atoms. The molecule has 2 rings (SSSR count). The van der Waals surface area contributed by atoms with E-state index in [9.17, 15) is 9.18 Å². The standard InChI is InChI=1S/C14H20FN3O/c1-16-14(19)9-18(2)13-6-3-10(7-12(13)15)8-17-11-4-5-11/h3,6-7,11,17H,4-5,8-9H2,1-2H3,(H,16,19). The van der Waals surface area contributed by atoms with Crippen molar-refractivity contribution in [3.63, 3.8) is 0 Å². The molecule has 1 aromatic rings. The number of carbonyl (C=O) groups is 1. The van der Waals surface area contributed by atoms with Gasteiger partial charge in [-0.1, -0.05) is 6.07 Å². The molecule has 1 amide bonds. The lowest BCUT2D eigenvalue weighted by Crippen LogP contribution is -2.33. The Labute approximate surface area is 113 Å². The Kier molecular flexibility index (Phi) is 4.37. The van der Waals surface area contributed by atoms with Crippen LogP contribution in [0.3, 0.4) is 0 Å². The molecule has 0 aliphatic heterocycles. The van der Waals surface area contributed by atoms with Gasteiger partial charge >= 0.3 is 0 Å². The normalized spacial score (nSPS) is 14.3. The molecule has 2 N–H and O–H groups in total. The number of anilines is 1. The minimum absolute atomic E-state index is 0.138. The maximum Gasteiger partial charge on any atom is 0.239 e. The number of carbonyl (C=O) groups excluding carboxylic acids is 1. The van der Waals surface area contributed by atoms with Gasteiger partial charge in [-0.3, -0.25) is 4.79 Å². The largest absolute Gasteiger partial charge is 0.363 e. The highest BCUT2D eigenvalue weighted by Gasteiger charge is 2.20. The lowest BCUT2D eigenvalue weighted by Gasteiger charge is -2.19. The maximum atomic E-state index is 14.0. The summed E-state index contributed by atoms with van der Waals surface area (Å²) in [5, 5.41) is 5.87. The number of likely N-dealkylation sites (N-methyl/N-ethyl adjacent to an activating group) is 2. The second kappa shape index (κ2) is 6.02. The average molecular weight is 265 g/mol. The van der Waals surface area contributed by atoms with Crippen LogP contribution < -0.4 is 15.5 Å². The molecule has 0 saturated heterocycles. The number of nitrogens with zero attached hydrogens (tertiary/aromatic N) is 1. The number of hydrogen-bond donors (Lipinski definition) is 2. The first-order chi connectivity index (χ1) is 9.10. The molecule has 1 aromatic carbocycles. The van der Waals surface area contributed by atoms with Gasteiger partial charge in [0.25, 0.3) is 0 Å². The van der Waals surface area contributed by atoms with Crippen LogP contribution in [0.2, 0.25) is 0 Å². The highest BCUT2D eigenvalue weighted by Crippen LogP contribution is 2.22. The molecule has 1 saturated carbocycles. The van der Waals surface area contributed by atoms with Crippen molar-refractivity contribution in [2.45, 2.75) is 25.4 Å². The third-order valence-corrected chi connectivity index (χ3v) is 3.26. The second-order valence-electron chi connectivity index (χ2n) is 4.97. The summed E-state index contributed by atoms with van der Waals surface area (Å²) in [6, 6.07) is 5.76. The molecule has 0 heterocycles. The first-order valence-electron chi connectivity index (χ1n) is 6.53. The van der Waals surface area contributed by atoms with Crippen molar-refractivity contribution in [3.8, 4) is 0 Å². The van der Waals surface area contributed by atoms with Crippen molar-refractivity contribution in [1.29, 1.82) is 0 Å². The van der Waals surface area contributed by atoms with Gasteiger partial charge in [-0.2, -0.15) is 0 Å². The predicted octanol–water partition coefficient (Wildman–Crippen LogP) is 1.26. The van der Waals surface area contributed by atoms with E-state index in [0.29, 0.717) is 18.3 Å². The fourth-order valence-electron chi connectivity index (χ4n) is 1.90. The van der Waals surface area contributed by atoms with Crippen LogP contribution in [-0.2, 0) is 11.3 Å². The van der Waals surface area contributed by atoms with Gasteiger partial charge in [0.2, 0.25) is 5.91 Å². The molecule has 104 valence electrons. The van der Waals surface area contributed by atoms with Crippen molar-refractivity contribution in [1.82, 2.24) is 10.6 Å². The summed E-state index contributed by atoms with van der Waals surface area (Å²) in [6.07, 6.45) is 2.44. The number of rotatable bonds is 6. The van der Waals surface area contributed by atoms with Crippen molar-refractivity contribution >= 4 is 11.6 Å². The summed E-state index contributed by atoms with van der Waals surface area (Å²) in [4.78, 5) is 12.9. The zero-order valence-electron chi connectivity index (χ0n) is 11.4. The van der Waals surface area contributed by atoms with Gasteiger partial charge in [-0.15, -0.1) is 0 Å². The van der Waals surface area contributed by atoms with Crippen LogP contribution in [0.4, 0.5) is 10.1 Å². The van der Waals surface area contributed by atoms with Crippen LogP contribution >= 0.6 is 0 Å². The number of halogens is 1. The first kappa shape index (κ1) is 13.8. The van der Waals surface area contributed by atoms with Crippen molar-refractivity contribution in [2.24, 2.45) is 0 Å². The number of amides is 1. The summed E-state index contributed by atoms with van der Waals surface area (Å²) < 4.78 is 14.0. The second-order valence-corrected chi connectivity index (χ2v) is 4.97. The zero-order valence-corrected chi connectivity index (χ0v) is 11.4. The third kappa shape index (κ3) is 3.92. The van der Waals surface area contributed by atoms with Gasteiger partial charge < -0.3 is 15.5 Å². The molecule has 1 fully saturated rings. The Balaban J connectivity index is 1.98. The van der Waals surface area contributed by atoms with E-state index in [2.05, 4.69) is 10.6 Å². The van der Waals surface area contributed by atoms with E-state index in [1.165, 1.54) is 18.9 Å². The predicted molar refractivity (Wildman–Crippen MR) is 73.6 cm³/mol. The van der Waals surface area contributed by atoms with Crippen LogP contribution in [0.15, 0.2) is 18.2 Å². The van der Waals surface area contributed by atoms with Gasteiger partial charge in [0.05, 0.1) is 12.2 Å². The van der Waals surface area contributed by atoms with Crippen LogP contribution in [-0.4, -0.2) is 32.6 Å². The maximum absolute atomic E-state index is 14.0. The van der Waals surface area contributed by atoms with Crippen LogP contribution in [0.25, 0.3) is 0 Å². The zero-order chi connectivity index (χ0) is 13.8. The van der Waals surface area contributed by atoms with Gasteiger partial charge in [0, 0.05) is 26.7 Å². The third-order valence-electron chi connectivity index (χ3n) is 3.26. The van der Waals surface area contributed by atoms with Crippen LogP contribution in [0.5, 0.6) is 0 Å². The Morgan fingerprint density at radius 3 is 2.79 bits per heavy atom. The number of hydrogen-bond acceptors (Lipinski definition) is 3. The molecule has 0 atom stereocenters. The van der Waals surface area contributed by atoms with Gasteiger partial charge in [0.15, 0.2) is 0 Å². The molecule has 5 heteroatoms. The molecule has 4 nitrogen and oxygen atoms in total. The van der Waals surface area contributed by atoms with Gasteiger partial charge in [0.1, 0.15) is 5.82 Å². The molecule has 0 aromatic heterocycles.